The molecule has 0 bridgehead atoms. The van der Waals surface area contributed by atoms with Crippen molar-refractivity contribution < 1.29 is 28.3 Å². The highest BCUT2D eigenvalue weighted by atomic mass is 19.1. The van der Waals surface area contributed by atoms with E-state index in [1.165, 1.54) is 39.5 Å². The minimum atomic E-state index is -1.39. The van der Waals surface area contributed by atoms with Crippen LogP contribution in [0.5, 0.6) is 0 Å². The van der Waals surface area contributed by atoms with Crippen molar-refractivity contribution in [2.45, 2.75) is 39.9 Å². The van der Waals surface area contributed by atoms with Gasteiger partial charge in [0.15, 0.2) is 0 Å². The number of hydrogen-bond donors (Lipinski definition) is 3. The first-order valence-electron chi connectivity index (χ1n) is 18.0. The highest BCUT2D eigenvalue weighted by molar-refractivity contribution is 5.95. The highest BCUT2D eigenvalue weighted by Gasteiger charge is 2.32. The number of para-hydroxylation sites is 2. The minimum Gasteiger partial charge on any atom is -0.478 e. The number of carboxylic acids is 1. The average molecular weight is 781 g/mol. The molecule has 294 valence electrons. The van der Waals surface area contributed by atoms with Gasteiger partial charge in [-0.2, -0.15) is 0 Å². The number of halogens is 2. The third kappa shape index (κ3) is 8.34. The van der Waals surface area contributed by atoms with Crippen molar-refractivity contribution in [3.05, 3.63) is 160 Å². The Bertz CT molecular complexity index is 2790. The van der Waals surface area contributed by atoms with E-state index in [1.54, 1.807) is 58.3 Å². The topological polar surface area (TPSA) is 188 Å². The Kier molecular flexibility index (Phi) is 11.4. The van der Waals surface area contributed by atoms with Gasteiger partial charge in [0, 0.05) is 31.6 Å². The van der Waals surface area contributed by atoms with Gasteiger partial charge in [-0.3, -0.25) is 38.3 Å². The fraction of sp³-hybridized carbons (Fsp3) is 0.244. The number of carboxylic acid groups (broad SMARTS) is 1. The Morgan fingerprint density at radius 1 is 0.719 bits per heavy atom. The van der Waals surface area contributed by atoms with Crippen LogP contribution in [0, 0.1) is 17.6 Å². The summed E-state index contributed by atoms with van der Waals surface area (Å²) in [4.78, 5) is 92.8. The maximum atomic E-state index is 14.7. The van der Waals surface area contributed by atoms with Crippen molar-refractivity contribution in [3.8, 4) is 0 Å². The van der Waals surface area contributed by atoms with Crippen molar-refractivity contribution in [1.29, 1.82) is 0 Å². The van der Waals surface area contributed by atoms with Gasteiger partial charge in [0.1, 0.15) is 11.6 Å². The fourth-order valence-electron chi connectivity index (χ4n) is 6.80. The van der Waals surface area contributed by atoms with Gasteiger partial charge >= 0.3 is 17.3 Å². The first-order valence-corrected chi connectivity index (χ1v) is 18.0. The zero-order chi connectivity index (χ0) is 41.1. The van der Waals surface area contributed by atoms with E-state index in [1.807, 2.05) is 20.8 Å². The Hall–Kier alpha value is -6.97. The molecule has 16 heteroatoms. The summed E-state index contributed by atoms with van der Waals surface area (Å²) < 4.78 is 30.8. The SMILES string of the molecule is CC(C)C(=O)N1CCN(C(=O)c2cc(Cn3c(=O)[nH]c(=O)c4ccccc43)ccc2F)C[C@@H]1C.O=C(O)c1cc(Cn2c(=O)[nH]c(=O)c3ccccc32)ccc1F. The van der Waals surface area contributed by atoms with Gasteiger partial charge in [0.25, 0.3) is 17.0 Å². The van der Waals surface area contributed by atoms with Gasteiger partial charge < -0.3 is 14.9 Å². The first-order chi connectivity index (χ1) is 27.1. The number of hydrogen-bond acceptors (Lipinski definition) is 7. The van der Waals surface area contributed by atoms with Crippen LogP contribution >= 0.6 is 0 Å². The summed E-state index contributed by atoms with van der Waals surface area (Å²) in [7, 11) is 0. The van der Waals surface area contributed by atoms with Crippen molar-refractivity contribution in [2.24, 2.45) is 5.92 Å². The summed E-state index contributed by atoms with van der Waals surface area (Å²) in [5.41, 5.74) is -0.873. The molecule has 0 spiro atoms. The molecule has 0 saturated carbocycles. The molecular weight excluding hydrogens is 742 g/mol. The molecule has 2 aromatic heterocycles. The quantitative estimate of drug-likeness (QED) is 0.218. The number of aromatic carboxylic acids is 1. The third-order valence-electron chi connectivity index (χ3n) is 9.71. The lowest BCUT2D eigenvalue weighted by Gasteiger charge is -2.40. The summed E-state index contributed by atoms with van der Waals surface area (Å²) in [6, 6.07) is 20.9. The summed E-state index contributed by atoms with van der Waals surface area (Å²) in [6.07, 6.45) is 0. The van der Waals surface area contributed by atoms with E-state index in [4.69, 9.17) is 5.11 Å². The number of nitrogens with zero attached hydrogens (tertiary/aromatic N) is 4. The highest BCUT2D eigenvalue weighted by Crippen LogP contribution is 2.20. The van der Waals surface area contributed by atoms with E-state index in [0.717, 1.165) is 6.07 Å². The predicted octanol–water partition coefficient (Wildman–Crippen LogP) is 3.78. The van der Waals surface area contributed by atoms with Crippen LogP contribution in [0.25, 0.3) is 21.8 Å². The van der Waals surface area contributed by atoms with Crippen LogP contribution in [0.2, 0.25) is 0 Å². The molecule has 3 N–H and O–H groups in total. The molecule has 7 rings (SSSR count). The number of aromatic nitrogens is 4. The van der Waals surface area contributed by atoms with Crippen LogP contribution in [-0.2, 0) is 17.9 Å². The summed E-state index contributed by atoms with van der Waals surface area (Å²) in [5.74, 6) is -3.44. The number of H-pyrrole nitrogens is 2. The van der Waals surface area contributed by atoms with Gasteiger partial charge in [-0.15, -0.1) is 0 Å². The smallest absolute Gasteiger partial charge is 0.338 e. The van der Waals surface area contributed by atoms with Gasteiger partial charge in [-0.25, -0.2) is 23.2 Å². The third-order valence-corrected chi connectivity index (χ3v) is 9.71. The van der Waals surface area contributed by atoms with Crippen LogP contribution in [-0.4, -0.2) is 77.5 Å². The monoisotopic (exact) mass is 780 g/mol. The molecule has 1 fully saturated rings. The molecule has 0 radical (unpaired) electrons. The number of rotatable bonds is 7. The second kappa shape index (κ2) is 16.4. The number of benzene rings is 4. The number of carbonyl (C=O) groups is 3. The number of amides is 2. The lowest BCUT2D eigenvalue weighted by Crippen LogP contribution is -2.56. The molecule has 57 heavy (non-hydrogen) atoms. The molecule has 4 aromatic carbocycles. The molecule has 0 aliphatic carbocycles. The average Bonchev–Trinajstić information content (AvgIpc) is 3.18. The number of nitrogens with one attached hydrogen (secondary N) is 2. The van der Waals surface area contributed by atoms with Gasteiger partial charge in [-0.1, -0.05) is 50.2 Å². The molecule has 1 aliphatic heterocycles. The van der Waals surface area contributed by atoms with Crippen molar-refractivity contribution in [2.75, 3.05) is 19.6 Å². The Morgan fingerprint density at radius 3 is 1.67 bits per heavy atom. The molecule has 1 saturated heterocycles. The van der Waals surface area contributed by atoms with Crippen molar-refractivity contribution in [1.82, 2.24) is 28.9 Å². The van der Waals surface area contributed by atoms with E-state index in [0.29, 0.717) is 52.6 Å². The fourth-order valence-corrected chi connectivity index (χ4v) is 6.80. The predicted molar refractivity (Wildman–Crippen MR) is 208 cm³/mol. The Labute approximate surface area is 322 Å². The molecule has 2 amide bonds. The lowest BCUT2D eigenvalue weighted by molar-refractivity contribution is -0.138. The zero-order valence-electron chi connectivity index (χ0n) is 31.1. The van der Waals surface area contributed by atoms with E-state index in [9.17, 15) is 42.3 Å². The number of fused-ring (bicyclic) bond motifs is 2. The molecule has 6 aromatic rings. The molecule has 14 nitrogen and oxygen atoms in total. The number of carbonyl (C=O) groups excluding carboxylic acids is 2. The van der Waals surface area contributed by atoms with Gasteiger partial charge in [0.05, 0.1) is 46.0 Å². The van der Waals surface area contributed by atoms with E-state index in [-0.39, 0.29) is 36.5 Å². The van der Waals surface area contributed by atoms with Crippen LogP contribution in [0.4, 0.5) is 8.78 Å². The largest absolute Gasteiger partial charge is 0.478 e. The summed E-state index contributed by atoms with van der Waals surface area (Å²) in [6.45, 7) is 6.64. The first kappa shape index (κ1) is 39.7. The normalized spacial score (nSPS) is 14.1. The summed E-state index contributed by atoms with van der Waals surface area (Å²) in [5, 5.41) is 9.67. The molecule has 1 aliphatic rings. The van der Waals surface area contributed by atoms with Gasteiger partial charge in [0.2, 0.25) is 5.91 Å². The maximum Gasteiger partial charge on any atom is 0.338 e. The summed E-state index contributed by atoms with van der Waals surface area (Å²) >= 11 is 0. The number of piperazine rings is 1. The van der Waals surface area contributed by atoms with Crippen molar-refractivity contribution in [3.63, 3.8) is 0 Å². The molecular formula is C41H38F2N6O8. The zero-order valence-corrected chi connectivity index (χ0v) is 31.1. The van der Waals surface area contributed by atoms with Gasteiger partial charge in [-0.05, 0) is 66.6 Å². The molecule has 0 unspecified atom stereocenters. The standard InChI is InChI=1S/C25H27FN4O4.C16H11FN2O4/c1-15(2)23(32)29-11-10-28(13-16(29)3)24(33)19-12-17(8-9-20(19)26)14-30-21-7-5-4-6-18(21)22(31)27-25(30)34;17-12-6-5-9(7-11(12)15(21)22)8-19-13-4-2-1-3-10(13)14(20)18-16(19)23/h4-9,12,15-16H,10-11,13-14H2,1-3H3,(H,27,31,34);1-7H,8H2,(H,21,22)(H,18,20,23)/t16-;/m0./s1. The van der Waals surface area contributed by atoms with Crippen molar-refractivity contribution >= 4 is 39.6 Å². The molecule has 3 heterocycles. The van der Waals surface area contributed by atoms with E-state index < -0.39 is 51.6 Å². The van der Waals surface area contributed by atoms with Crippen LogP contribution in [0.1, 0.15) is 52.6 Å². The molecule has 1 atom stereocenters. The minimum absolute atomic E-state index is 0.0106. The Balaban J connectivity index is 0.000000208. The van der Waals surface area contributed by atoms with Crippen LogP contribution < -0.4 is 22.5 Å². The number of aromatic amines is 2. The lowest BCUT2D eigenvalue weighted by atomic mass is 10.1. The van der Waals surface area contributed by atoms with Crippen LogP contribution in [0.3, 0.4) is 0 Å². The van der Waals surface area contributed by atoms with E-state index >= 15 is 0 Å². The maximum absolute atomic E-state index is 14.7. The van der Waals surface area contributed by atoms with E-state index in [2.05, 4.69) is 9.97 Å². The second-order valence-corrected chi connectivity index (χ2v) is 13.9. The van der Waals surface area contributed by atoms with Crippen LogP contribution in [0.15, 0.2) is 104 Å². The Morgan fingerprint density at radius 2 is 1.19 bits per heavy atom. The second-order valence-electron chi connectivity index (χ2n) is 13.9.